The summed E-state index contributed by atoms with van der Waals surface area (Å²) < 4.78 is 35.5. The molecule has 2 aromatic heterocycles. The van der Waals surface area contributed by atoms with E-state index in [9.17, 15) is 14.0 Å². The van der Waals surface area contributed by atoms with Crippen molar-refractivity contribution in [1.82, 2.24) is 14.6 Å². The minimum Gasteiger partial charge on any atom is -0.366 e. The summed E-state index contributed by atoms with van der Waals surface area (Å²) in [6.45, 7) is 1.31. The molecule has 14 heteroatoms. The number of benzene rings is 1. The van der Waals surface area contributed by atoms with Crippen LogP contribution in [0.2, 0.25) is 5.15 Å². The third-order valence-electron chi connectivity index (χ3n) is 6.18. The minimum absolute atomic E-state index is 0.256. The Labute approximate surface area is 206 Å². The zero-order valence-electron chi connectivity index (χ0n) is 18.6. The zero-order chi connectivity index (χ0) is 24.8. The number of ether oxygens (including phenoxy) is 1. The molecule has 1 aromatic carbocycles. The van der Waals surface area contributed by atoms with Crippen LogP contribution in [-0.2, 0) is 31.4 Å². The van der Waals surface area contributed by atoms with E-state index in [2.05, 4.69) is 27.1 Å². The van der Waals surface area contributed by atoms with Gasteiger partial charge in [-0.2, -0.15) is 5.10 Å². The Balaban J connectivity index is 1.32. The fourth-order valence-corrected chi connectivity index (χ4v) is 7.38. The van der Waals surface area contributed by atoms with E-state index in [-0.39, 0.29) is 12.7 Å². The van der Waals surface area contributed by atoms with Crippen LogP contribution in [0.1, 0.15) is 35.8 Å². The summed E-state index contributed by atoms with van der Waals surface area (Å²) in [6.07, 6.45) is 2.83. The van der Waals surface area contributed by atoms with E-state index in [1.165, 1.54) is 11.1 Å². The van der Waals surface area contributed by atoms with Gasteiger partial charge in [-0.1, -0.05) is 35.9 Å². The van der Waals surface area contributed by atoms with Crippen LogP contribution in [0.15, 0.2) is 36.5 Å². The second-order valence-electron chi connectivity index (χ2n) is 8.77. The SMILES string of the molecule is O=P(O)(O)CP(=O)(O)OC[C@@H]1CCC(c2cnc3c(N4CCc5ccccc5C4)cc(Cl)nn23)O1. The van der Waals surface area contributed by atoms with Crippen molar-refractivity contribution in [2.24, 2.45) is 0 Å². The quantitative estimate of drug-likeness (QED) is 0.379. The lowest BCUT2D eigenvalue weighted by Gasteiger charge is -2.30. The summed E-state index contributed by atoms with van der Waals surface area (Å²) in [4.78, 5) is 34.4. The predicted molar refractivity (Wildman–Crippen MR) is 129 cm³/mol. The third-order valence-corrected chi connectivity index (χ3v) is 9.82. The Morgan fingerprint density at radius 3 is 2.71 bits per heavy atom. The molecule has 0 amide bonds. The molecular weight excluding hydrogens is 518 g/mol. The molecule has 1 fully saturated rings. The Morgan fingerprint density at radius 2 is 1.94 bits per heavy atom. The van der Waals surface area contributed by atoms with Gasteiger partial charge in [0.1, 0.15) is 6.10 Å². The number of halogens is 1. The van der Waals surface area contributed by atoms with Crippen molar-refractivity contribution >= 4 is 38.1 Å². The molecule has 0 spiro atoms. The summed E-state index contributed by atoms with van der Waals surface area (Å²) in [7, 11) is -9.12. The Kier molecular flexibility index (Phi) is 6.80. The largest absolute Gasteiger partial charge is 0.366 e. The fraction of sp³-hybridized carbons (Fsp3) is 0.429. The van der Waals surface area contributed by atoms with Crippen molar-refractivity contribution in [3.63, 3.8) is 0 Å². The van der Waals surface area contributed by atoms with Gasteiger partial charge in [0.2, 0.25) is 0 Å². The number of hydrogen-bond donors (Lipinski definition) is 3. The van der Waals surface area contributed by atoms with Crippen molar-refractivity contribution in [1.29, 1.82) is 0 Å². The number of nitrogens with zero attached hydrogens (tertiary/aromatic N) is 4. The number of rotatable bonds is 7. The van der Waals surface area contributed by atoms with Gasteiger partial charge >= 0.3 is 15.2 Å². The molecule has 0 aliphatic carbocycles. The highest BCUT2D eigenvalue weighted by Gasteiger charge is 2.35. The second kappa shape index (κ2) is 9.57. The topological polar surface area (TPSA) is 147 Å². The van der Waals surface area contributed by atoms with Crippen LogP contribution in [0.5, 0.6) is 0 Å². The maximum atomic E-state index is 11.9. The Morgan fingerprint density at radius 1 is 1.17 bits per heavy atom. The molecule has 188 valence electrons. The molecule has 1 saturated heterocycles. The molecule has 2 unspecified atom stereocenters. The molecule has 35 heavy (non-hydrogen) atoms. The maximum absolute atomic E-state index is 11.9. The molecule has 0 radical (unpaired) electrons. The van der Waals surface area contributed by atoms with Gasteiger partial charge in [-0.15, -0.1) is 0 Å². The number of fused-ring (bicyclic) bond motifs is 2. The molecule has 0 bridgehead atoms. The molecule has 5 rings (SSSR count). The minimum atomic E-state index is -4.68. The average molecular weight is 543 g/mol. The number of hydrogen-bond acceptors (Lipinski definition) is 7. The first-order chi connectivity index (χ1) is 16.6. The maximum Gasteiger partial charge on any atom is 0.340 e. The van der Waals surface area contributed by atoms with Gasteiger partial charge in [0, 0.05) is 19.2 Å². The van der Waals surface area contributed by atoms with Crippen LogP contribution < -0.4 is 4.90 Å². The van der Waals surface area contributed by atoms with Gasteiger partial charge in [0.15, 0.2) is 16.7 Å². The summed E-state index contributed by atoms with van der Waals surface area (Å²) in [5, 5.41) is 4.76. The van der Waals surface area contributed by atoms with E-state index >= 15 is 0 Å². The average Bonchev–Trinajstić information content (AvgIpc) is 3.42. The molecule has 4 heterocycles. The highest BCUT2D eigenvalue weighted by Crippen LogP contribution is 2.55. The summed E-state index contributed by atoms with van der Waals surface area (Å²) >= 11 is 6.39. The standard InChI is InChI=1S/C21H25ClN4O7P2/c22-20-9-17(25-8-7-14-3-1-2-4-15(14)11-25)21-23-10-18(26(21)24-20)19-6-5-16(33-19)12-32-35(30,31)13-34(27,28)29/h1-4,9-10,16,19H,5-8,11-13H2,(H,30,31)(H2,27,28,29)/t16-,19?/m0/s1. The number of imidazole rings is 1. The van der Waals surface area contributed by atoms with Gasteiger partial charge in [-0.05, 0) is 30.4 Å². The summed E-state index contributed by atoms with van der Waals surface area (Å²) in [5.74, 6) is -1.23. The lowest BCUT2D eigenvalue weighted by Crippen LogP contribution is -2.30. The normalized spacial score (nSPS) is 22.3. The number of anilines is 1. The van der Waals surface area contributed by atoms with Gasteiger partial charge in [0.05, 0.1) is 30.3 Å². The van der Waals surface area contributed by atoms with Crippen LogP contribution in [-0.4, -0.2) is 54.4 Å². The third kappa shape index (κ3) is 5.63. The zero-order valence-corrected chi connectivity index (χ0v) is 21.1. The van der Waals surface area contributed by atoms with Gasteiger partial charge in [0.25, 0.3) is 0 Å². The van der Waals surface area contributed by atoms with E-state index in [1.54, 1.807) is 10.7 Å². The Hall–Kier alpha value is -1.81. The van der Waals surface area contributed by atoms with Crippen molar-refractivity contribution in [3.05, 3.63) is 58.5 Å². The molecule has 3 aromatic rings. The monoisotopic (exact) mass is 542 g/mol. The smallest absolute Gasteiger partial charge is 0.340 e. The van der Waals surface area contributed by atoms with E-state index in [1.807, 2.05) is 18.2 Å². The molecule has 11 nitrogen and oxygen atoms in total. The lowest BCUT2D eigenvalue weighted by molar-refractivity contribution is 0.0125. The van der Waals surface area contributed by atoms with E-state index in [0.29, 0.717) is 29.3 Å². The van der Waals surface area contributed by atoms with E-state index in [4.69, 9.17) is 30.6 Å². The van der Waals surface area contributed by atoms with Gasteiger partial charge < -0.3 is 28.8 Å². The first-order valence-electron chi connectivity index (χ1n) is 11.1. The van der Waals surface area contributed by atoms with Crippen LogP contribution in [0.25, 0.3) is 5.65 Å². The van der Waals surface area contributed by atoms with Crippen LogP contribution in [0.3, 0.4) is 0 Å². The van der Waals surface area contributed by atoms with Crippen molar-refractivity contribution in [3.8, 4) is 0 Å². The van der Waals surface area contributed by atoms with E-state index in [0.717, 1.165) is 25.2 Å². The Bertz CT molecular complexity index is 1350. The van der Waals surface area contributed by atoms with Crippen LogP contribution in [0, 0.1) is 0 Å². The molecular formula is C21H25ClN4O7P2. The van der Waals surface area contributed by atoms with E-state index < -0.39 is 27.2 Å². The molecule has 2 aliphatic rings. The van der Waals surface area contributed by atoms with Crippen LogP contribution >= 0.6 is 26.8 Å². The molecule has 3 atom stereocenters. The van der Waals surface area contributed by atoms with Crippen molar-refractivity contribution in [2.45, 2.75) is 38.0 Å². The highest BCUT2D eigenvalue weighted by atomic mass is 35.5. The first kappa shape index (κ1) is 24.9. The predicted octanol–water partition coefficient (Wildman–Crippen LogP) is 3.50. The van der Waals surface area contributed by atoms with Crippen molar-refractivity contribution in [2.75, 3.05) is 24.0 Å². The molecule has 2 aliphatic heterocycles. The van der Waals surface area contributed by atoms with Crippen LogP contribution in [0.4, 0.5) is 5.69 Å². The molecule has 0 saturated carbocycles. The second-order valence-corrected chi connectivity index (χ2v) is 13.2. The van der Waals surface area contributed by atoms with Crippen molar-refractivity contribution < 1.29 is 33.1 Å². The summed E-state index contributed by atoms with van der Waals surface area (Å²) in [5.41, 5.74) is 4.84. The summed E-state index contributed by atoms with van der Waals surface area (Å²) in [6, 6.07) is 10.2. The first-order valence-corrected chi connectivity index (χ1v) is 15.0. The van der Waals surface area contributed by atoms with Gasteiger partial charge in [-0.25, -0.2) is 9.50 Å². The van der Waals surface area contributed by atoms with Gasteiger partial charge in [-0.3, -0.25) is 9.13 Å². The lowest BCUT2D eigenvalue weighted by atomic mass is 10.00. The number of aromatic nitrogens is 3. The fourth-order valence-electron chi connectivity index (χ4n) is 4.61. The highest BCUT2D eigenvalue weighted by molar-refractivity contribution is 7.70. The molecule has 3 N–H and O–H groups in total.